The van der Waals surface area contributed by atoms with Gasteiger partial charge in [-0.1, -0.05) is 6.07 Å². The van der Waals surface area contributed by atoms with Crippen molar-refractivity contribution >= 4 is 23.7 Å². The summed E-state index contributed by atoms with van der Waals surface area (Å²) in [5, 5.41) is 4.15. The van der Waals surface area contributed by atoms with Crippen LogP contribution in [0.2, 0.25) is 0 Å². The Morgan fingerprint density at radius 3 is 2.54 bits per heavy atom. The van der Waals surface area contributed by atoms with Crippen molar-refractivity contribution in [1.82, 2.24) is 5.32 Å². The first kappa shape index (κ1) is 12.7. The quantitative estimate of drug-likeness (QED) is 0.844. The predicted molar refractivity (Wildman–Crippen MR) is 49.3 cm³/mol. The standard InChI is InChI=1S/C7H8F3NS.ClH/c8-7(9,10)5-11-4-6-2-1-3-12-6;/h1-3,11H,4-5H2;1H. The van der Waals surface area contributed by atoms with Crippen LogP contribution in [-0.2, 0) is 6.54 Å². The lowest BCUT2D eigenvalue weighted by Crippen LogP contribution is -2.27. The normalized spacial score (nSPS) is 11.0. The molecule has 76 valence electrons. The topological polar surface area (TPSA) is 12.0 Å². The second-order valence-corrected chi connectivity index (χ2v) is 3.33. The van der Waals surface area contributed by atoms with Crippen LogP contribution in [0, 0.1) is 0 Å². The summed E-state index contributed by atoms with van der Waals surface area (Å²) in [7, 11) is 0. The molecule has 0 aromatic carbocycles. The lowest BCUT2D eigenvalue weighted by molar-refractivity contribution is -0.125. The molecule has 0 radical (unpaired) electrons. The molecule has 0 unspecified atom stereocenters. The molecular formula is C7H9ClF3NS. The minimum Gasteiger partial charge on any atom is -0.304 e. The van der Waals surface area contributed by atoms with Crippen LogP contribution in [0.3, 0.4) is 0 Å². The number of alkyl halides is 3. The molecular weight excluding hydrogens is 223 g/mol. The van der Waals surface area contributed by atoms with Gasteiger partial charge in [0.1, 0.15) is 0 Å². The fraction of sp³-hybridized carbons (Fsp3) is 0.429. The minimum atomic E-state index is -4.11. The molecule has 0 saturated heterocycles. The van der Waals surface area contributed by atoms with E-state index in [9.17, 15) is 13.2 Å². The van der Waals surface area contributed by atoms with Crippen molar-refractivity contribution in [3.63, 3.8) is 0 Å². The van der Waals surface area contributed by atoms with Gasteiger partial charge in [0.05, 0.1) is 6.54 Å². The Morgan fingerprint density at radius 2 is 2.08 bits per heavy atom. The summed E-state index contributed by atoms with van der Waals surface area (Å²) in [6, 6.07) is 3.61. The van der Waals surface area contributed by atoms with Gasteiger partial charge in [-0.2, -0.15) is 13.2 Å². The zero-order valence-electron chi connectivity index (χ0n) is 6.60. The Hall–Kier alpha value is -0.260. The molecule has 0 aliphatic carbocycles. The van der Waals surface area contributed by atoms with Crippen molar-refractivity contribution < 1.29 is 13.2 Å². The highest BCUT2D eigenvalue weighted by Gasteiger charge is 2.25. The van der Waals surface area contributed by atoms with Crippen molar-refractivity contribution in [2.24, 2.45) is 0 Å². The Balaban J connectivity index is 0.00000144. The average molecular weight is 232 g/mol. The molecule has 0 bridgehead atoms. The number of hydrogen-bond donors (Lipinski definition) is 1. The van der Waals surface area contributed by atoms with Gasteiger partial charge in [0.25, 0.3) is 0 Å². The first-order valence-electron chi connectivity index (χ1n) is 3.38. The SMILES string of the molecule is Cl.FC(F)(F)CNCc1cccs1. The Bertz CT molecular complexity index is 222. The molecule has 0 amide bonds. The minimum absolute atomic E-state index is 0. The van der Waals surface area contributed by atoms with Gasteiger partial charge in [-0.3, -0.25) is 0 Å². The summed E-state index contributed by atoms with van der Waals surface area (Å²) >= 11 is 1.44. The van der Waals surface area contributed by atoms with E-state index in [-0.39, 0.29) is 19.0 Å². The zero-order valence-corrected chi connectivity index (χ0v) is 8.23. The summed E-state index contributed by atoms with van der Waals surface area (Å²) < 4.78 is 34.9. The highest BCUT2D eigenvalue weighted by molar-refractivity contribution is 7.09. The van der Waals surface area contributed by atoms with Crippen LogP contribution >= 0.6 is 23.7 Å². The van der Waals surface area contributed by atoms with Crippen LogP contribution in [-0.4, -0.2) is 12.7 Å². The molecule has 1 N–H and O–H groups in total. The molecule has 0 atom stereocenters. The molecule has 1 nitrogen and oxygen atoms in total. The molecule has 1 heterocycles. The number of hydrogen-bond acceptors (Lipinski definition) is 2. The van der Waals surface area contributed by atoms with E-state index in [1.54, 1.807) is 6.07 Å². The van der Waals surface area contributed by atoms with Gasteiger partial charge >= 0.3 is 6.18 Å². The van der Waals surface area contributed by atoms with Crippen LogP contribution in [0.4, 0.5) is 13.2 Å². The number of nitrogens with one attached hydrogen (secondary N) is 1. The van der Waals surface area contributed by atoms with Gasteiger partial charge in [0.2, 0.25) is 0 Å². The van der Waals surface area contributed by atoms with E-state index in [0.717, 1.165) is 4.88 Å². The summed E-state index contributed by atoms with van der Waals surface area (Å²) in [4.78, 5) is 0.916. The Morgan fingerprint density at radius 1 is 1.38 bits per heavy atom. The summed E-state index contributed by atoms with van der Waals surface area (Å²) in [5.41, 5.74) is 0. The maximum Gasteiger partial charge on any atom is 0.401 e. The molecule has 0 aliphatic rings. The molecule has 1 aromatic heterocycles. The van der Waals surface area contributed by atoms with Crippen molar-refractivity contribution in [3.8, 4) is 0 Å². The molecule has 0 fully saturated rings. The van der Waals surface area contributed by atoms with Gasteiger partial charge in [-0.05, 0) is 11.4 Å². The van der Waals surface area contributed by atoms with E-state index in [1.807, 2.05) is 11.4 Å². The third-order valence-electron chi connectivity index (χ3n) is 1.20. The predicted octanol–water partition coefficient (Wildman–Crippen LogP) is 2.82. The van der Waals surface area contributed by atoms with Gasteiger partial charge in [-0.25, -0.2) is 0 Å². The van der Waals surface area contributed by atoms with E-state index in [2.05, 4.69) is 5.32 Å². The molecule has 0 saturated carbocycles. The van der Waals surface area contributed by atoms with Crippen LogP contribution in [0.15, 0.2) is 17.5 Å². The second-order valence-electron chi connectivity index (χ2n) is 2.30. The van der Waals surface area contributed by atoms with Crippen LogP contribution < -0.4 is 5.32 Å². The Kier molecular flexibility index (Phi) is 5.36. The van der Waals surface area contributed by atoms with Gasteiger partial charge in [0.15, 0.2) is 0 Å². The first-order valence-corrected chi connectivity index (χ1v) is 4.26. The van der Waals surface area contributed by atoms with E-state index in [0.29, 0.717) is 0 Å². The van der Waals surface area contributed by atoms with Crippen LogP contribution in [0.25, 0.3) is 0 Å². The van der Waals surface area contributed by atoms with Crippen molar-refractivity contribution in [2.75, 3.05) is 6.54 Å². The van der Waals surface area contributed by atoms with Crippen LogP contribution in [0.1, 0.15) is 4.88 Å². The van der Waals surface area contributed by atoms with E-state index < -0.39 is 12.7 Å². The largest absolute Gasteiger partial charge is 0.401 e. The van der Waals surface area contributed by atoms with Crippen molar-refractivity contribution in [3.05, 3.63) is 22.4 Å². The van der Waals surface area contributed by atoms with Crippen LogP contribution in [0.5, 0.6) is 0 Å². The van der Waals surface area contributed by atoms with E-state index in [1.165, 1.54) is 11.3 Å². The smallest absolute Gasteiger partial charge is 0.304 e. The maximum absolute atomic E-state index is 11.6. The monoisotopic (exact) mass is 231 g/mol. The van der Waals surface area contributed by atoms with Gasteiger partial charge in [-0.15, -0.1) is 23.7 Å². The number of rotatable bonds is 3. The van der Waals surface area contributed by atoms with Crippen molar-refractivity contribution in [1.29, 1.82) is 0 Å². The lowest BCUT2D eigenvalue weighted by atomic mass is 10.4. The van der Waals surface area contributed by atoms with E-state index in [4.69, 9.17) is 0 Å². The third-order valence-corrected chi connectivity index (χ3v) is 2.08. The number of thiophene rings is 1. The lowest BCUT2D eigenvalue weighted by Gasteiger charge is -2.06. The fourth-order valence-corrected chi connectivity index (χ4v) is 1.42. The fourth-order valence-electron chi connectivity index (χ4n) is 0.741. The average Bonchev–Trinajstić information content (AvgIpc) is 2.36. The summed E-state index contributed by atoms with van der Waals surface area (Å²) in [5.74, 6) is 0. The second kappa shape index (κ2) is 5.47. The van der Waals surface area contributed by atoms with Gasteiger partial charge in [0, 0.05) is 11.4 Å². The highest BCUT2D eigenvalue weighted by Crippen LogP contribution is 2.13. The summed E-state index contributed by atoms with van der Waals surface area (Å²) in [6.07, 6.45) is -4.11. The Labute approximate surface area is 84.4 Å². The zero-order chi connectivity index (χ0) is 9.03. The molecule has 0 aliphatic heterocycles. The molecule has 1 rings (SSSR count). The molecule has 0 spiro atoms. The molecule has 6 heteroatoms. The molecule has 1 aromatic rings. The van der Waals surface area contributed by atoms with E-state index >= 15 is 0 Å². The van der Waals surface area contributed by atoms with Gasteiger partial charge < -0.3 is 5.32 Å². The summed E-state index contributed by atoms with van der Waals surface area (Å²) in [6.45, 7) is -0.637. The van der Waals surface area contributed by atoms with Crippen molar-refractivity contribution in [2.45, 2.75) is 12.7 Å². The number of halogens is 4. The molecule has 13 heavy (non-hydrogen) atoms. The third kappa shape index (κ3) is 5.90. The first-order chi connectivity index (χ1) is 5.58. The maximum atomic E-state index is 11.6. The highest BCUT2D eigenvalue weighted by atomic mass is 35.5.